The monoisotopic (exact) mass is 356 g/mol. The number of methoxy groups -OCH3 is 1. The van der Waals surface area contributed by atoms with Gasteiger partial charge < -0.3 is 9.15 Å². The van der Waals surface area contributed by atoms with E-state index in [1.54, 1.807) is 13.2 Å². The second-order valence-electron chi connectivity index (χ2n) is 6.11. The molecule has 1 aromatic heterocycles. The number of ether oxygens (including phenoxy) is 1. The highest BCUT2D eigenvalue weighted by atomic mass is 16.5. The van der Waals surface area contributed by atoms with Crippen LogP contribution in [0, 0.1) is 0 Å². The van der Waals surface area contributed by atoms with E-state index < -0.39 is 0 Å². The average molecular weight is 357 g/mol. The van der Waals surface area contributed by atoms with E-state index in [9.17, 15) is 4.79 Å². The Bertz CT molecular complexity index is 648. The Labute approximate surface area is 157 Å². The van der Waals surface area contributed by atoms with E-state index in [-0.39, 0.29) is 5.63 Å². The molecule has 1 heterocycles. The van der Waals surface area contributed by atoms with Crippen LogP contribution in [0.3, 0.4) is 0 Å². The maximum absolute atomic E-state index is 11.3. The molecule has 0 fully saturated rings. The number of allylic oxidation sites excluding steroid dienone is 8. The van der Waals surface area contributed by atoms with E-state index in [1.165, 1.54) is 25.3 Å². The second-order valence-corrected chi connectivity index (χ2v) is 6.11. The lowest BCUT2D eigenvalue weighted by atomic mass is 10.1. The van der Waals surface area contributed by atoms with Gasteiger partial charge in [-0.2, -0.15) is 0 Å². The summed E-state index contributed by atoms with van der Waals surface area (Å²) in [5, 5.41) is 0. The molecule has 0 unspecified atom stereocenters. The summed E-state index contributed by atoms with van der Waals surface area (Å²) in [4.78, 5) is 11.3. The highest BCUT2D eigenvalue weighted by Crippen LogP contribution is 2.11. The topological polar surface area (TPSA) is 39.4 Å². The van der Waals surface area contributed by atoms with E-state index in [1.807, 2.05) is 0 Å². The summed E-state index contributed by atoms with van der Waals surface area (Å²) >= 11 is 0. The van der Waals surface area contributed by atoms with Crippen molar-refractivity contribution in [1.82, 2.24) is 0 Å². The second kappa shape index (κ2) is 15.0. The SMILES string of the molecule is CCCC=CC=CCCCCC=CC=CCCc1cc(OC)cc(=O)o1. The van der Waals surface area contributed by atoms with Crippen LogP contribution in [0.1, 0.15) is 57.6 Å². The molecule has 0 saturated heterocycles. The molecule has 0 bridgehead atoms. The summed E-state index contributed by atoms with van der Waals surface area (Å²) in [6, 6.07) is 3.11. The standard InChI is InChI=1S/C23H32O3/c1-3-4-5-6-7-8-9-10-11-12-13-14-15-16-17-18-21-19-22(25-2)20-23(24)26-21/h5-8,13-16,19-20H,3-4,9-12,17-18H2,1-2H3. The molecule has 0 atom stereocenters. The fourth-order valence-corrected chi connectivity index (χ4v) is 2.36. The van der Waals surface area contributed by atoms with Gasteiger partial charge in [0.2, 0.25) is 0 Å². The maximum Gasteiger partial charge on any atom is 0.339 e. The molecule has 0 aromatic carbocycles. The third kappa shape index (κ3) is 11.3. The van der Waals surface area contributed by atoms with Crippen molar-refractivity contribution in [3.63, 3.8) is 0 Å². The van der Waals surface area contributed by atoms with Crippen molar-refractivity contribution in [3.05, 3.63) is 76.9 Å². The number of hydrogen-bond donors (Lipinski definition) is 0. The fraction of sp³-hybridized carbons (Fsp3) is 0.435. The summed E-state index contributed by atoms with van der Waals surface area (Å²) < 4.78 is 10.2. The molecule has 0 saturated carbocycles. The molecule has 1 rings (SSSR count). The largest absolute Gasteiger partial charge is 0.496 e. The van der Waals surface area contributed by atoms with E-state index in [4.69, 9.17) is 9.15 Å². The van der Waals surface area contributed by atoms with Gasteiger partial charge in [0, 0.05) is 12.5 Å². The van der Waals surface area contributed by atoms with Gasteiger partial charge in [-0.05, 0) is 38.5 Å². The van der Waals surface area contributed by atoms with E-state index in [2.05, 4.69) is 55.5 Å². The summed E-state index contributed by atoms with van der Waals surface area (Å²) in [5.74, 6) is 1.20. The predicted octanol–water partition coefficient (Wildman–Crippen LogP) is 6.17. The first kappa shape index (κ1) is 21.8. The summed E-state index contributed by atoms with van der Waals surface area (Å²) in [6.45, 7) is 2.19. The van der Waals surface area contributed by atoms with Gasteiger partial charge in [0.1, 0.15) is 11.5 Å². The number of rotatable bonds is 13. The van der Waals surface area contributed by atoms with Crippen LogP contribution in [0.2, 0.25) is 0 Å². The molecular weight excluding hydrogens is 324 g/mol. The minimum atomic E-state index is -0.366. The predicted molar refractivity (Wildman–Crippen MR) is 110 cm³/mol. The van der Waals surface area contributed by atoms with Crippen LogP contribution in [0.5, 0.6) is 5.75 Å². The molecule has 3 nitrogen and oxygen atoms in total. The average Bonchev–Trinajstić information content (AvgIpc) is 2.64. The van der Waals surface area contributed by atoms with Crippen LogP contribution in [-0.4, -0.2) is 7.11 Å². The molecule has 0 amide bonds. The Morgan fingerprint density at radius 3 is 2.04 bits per heavy atom. The van der Waals surface area contributed by atoms with Crippen molar-refractivity contribution in [2.24, 2.45) is 0 Å². The molecule has 0 N–H and O–H groups in total. The number of aryl methyl sites for hydroxylation is 1. The first-order valence-electron chi connectivity index (χ1n) is 9.57. The summed E-state index contributed by atoms with van der Waals surface area (Å²) in [5.41, 5.74) is -0.366. The number of unbranched alkanes of at least 4 members (excludes halogenated alkanes) is 4. The molecule has 3 heteroatoms. The van der Waals surface area contributed by atoms with Crippen molar-refractivity contribution < 1.29 is 9.15 Å². The number of hydrogen-bond acceptors (Lipinski definition) is 3. The minimum absolute atomic E-state index is 0.366. The van der Waals surface area contributed by atoms with Crippen molar-refractivity contribution in [1.29, 1.82) is 0 Å². The zero-order valence-electron chi connectivity index (χ0n) is 16.2. The van der Waals surface area contributed by atoms with Crippen LogP contribution in [-0.2, 0) is 6.42 Å². The molecular formula is C23H32O3. The lowest BCUT2D eigenvalue weighted by Crippen LogP contribution is -2.01. The lowest BCUT2D eigenvalue weighted by Gasteiger charge is -2.00. The highest BCUT2D eigenvalue weighted by Gasteiger charge is 2.00. The highest BCUT2D eigenvalue weighted by molar-refractivity contribution is 5.20. The van der Waals surface area contributed by atoms with Crippen LogP contribution >= 0.6 is 0 Å². The van der Waals surface area contributed by atoms with Crippen LogP contribution in [0.25, 0.3) is 0 Å². The smallest absolute Gasteiger partial charge is 0.339 e. The summed E-state index contributed by atoms with van der Waals surface area (Å²) in [6.07, 6.45) is 25.8. The Morgan fingerprint density at radius 2 is 1.46 bits per heavy atom. The van der Waals surface area contributed by atoms with Gasteiger partial charge in [-0.1, -0.05) is 62.0 Å². The zero-order chi connectivity index (χ0) is 18.9. The molecule has 0 aliphatic carbocycles. The Balaban J connectivity index is 2.09. The van der Waals surface area contributed by atoms with Gasteiger partial charge in [-0.25, -0.2) is 4.79 Å². The molecule has 1 aromatic rings. The molecule has 0 aliphatic heterocycles. The van der Waals surface area contributed by atoms with Crippen molar-refractivity contribution in [3.8, 4) is 5.75 Å². The van der Waals surface area contributed by atoms with E-state index in [0.717, 1.165) is 25.7 Å². The lowest BCUT2D eigenvalue weighted by molar-refractivity contribution is 0.392. The van der Waals surface area contributed by atoms with Crippen molar-refractivity contribution in [2.75, 3.05) is 7.11 Å². The van der Waals surface area contributed by atoms with E-state index >= 15 is 0 Å². The van der Waals surface area contributed by atoms with Gasteiger partial charge >= 0.3 is 5.63 Å². The normalized spacial score (nSPS) is 12.2. The quantitative estimate of drug-likeness (QED) is 0.313. The molecule has 0 spiro atoms. The molecule has 26 heavy (non-hydrogen) atoms. The third-order valence-corrected chi connectivity index (χ3v) is 3.80. The van der Waals surface area contributed by atoms with Crippen molar-refractivity contribution >= 4 is 0 Å². The van der Waals surface area contributed by atoms with E-state index in [0.29, 0.717) is 17.9 Å². The van der Waals surface area contributed by atoms with Crippen LogP contribution < -0.4 is 10.4 Å². The Hall–Kier alpha value is -2.29. The Kier molecular flexibility index (Phi) is 12.6. The van der Waals surface area contributed by atoms with Gasteiger partial charge in [0.15, 0.2) is 0 Å². The Morgan fingerprint density at radius 1 is 0.885 bits per heavy atom. The van der Waals surface area contributed by atoms with Crippen LogP contribution in [0.15, 0.2) is 70.0 Å². The molecule has 0 radical (unpaired) electrons. The fourth-order valence-electron chi connectivity index (χ4n) is 2.36. The third-order valence-electron chi connectivity index (χ3n) is 3.80. The summed E-state index contributed by atoms with van der Waals surface area (Å²) in [7, 11) is 1.55. The zero-order valence-corrected chi connectivity index (χ0v) is 16.2. The molecule has 0 aliphatic rings. The maximum atomic E-state index is 11.3. The van der Waals surface area contributed by atoms with Gasteiger partial charge in [-0.15, -0.1) is 0 Å². The van der Waals surface area contributed by atoms with Gasteiger partial charge in [0.05, 0.1) is 13.2 Å². The van der Waals surface area contributed by atoms with Crippen molar-refractivity contribution in [2.45, 2.75) is 58.3 Å². The molecule has 142 valence electrons. The van der Waals surface area contributed by atoms with Gasteiger partial charge in [-0.3, -0.25) is 0 Å². The first-order chi connectivity index (χ1) is 12.8. The minimum Gasteiger partial charge on any atom is -0.496 e. The van der Waals surface area contributed by atoms with Gasteiger partial charge in [0.25, 0.3) is 0 Å². The van der Waals surface area contributed by atoms with Crippen LogP contribution in [0.4, 0.5) is 0 Å². The first-order valence-corrected chi connectivity index (χ1v) is 9.57.